The van der Waals surface area contributed by atoms with E-state index < -0.39 is 193 Å². The highest BCUT2D eigenvalue weighted by Gasteiger charge is 2.61. The summed E-state index contributed by atoms with van der Waals surface area (Å²) in [7, 11) is 0. The van der Waals surface area contributed by atoms with Crippen LogP contribution in [0.15, 0.2) is 103 Å². The van der Waals surface area contributed by atoms with Crippen molar-refractivity contribution in [2.24, 2.45) is 0 Å². The van der Waals surface area contributed by atoms with E-state index in [-0.39, 0.29) is 56.2 Å². The molecule has 0 spiro atoms. The Balaban J connectivity index is 1.06. The molecule has 432 valence electrons. The Labute approximate surface area is 471 Å². The second kappa shape index (κ2) is 18.6. The molecule has 11 atom stereocenters. The van der Waals surface area contributed by atoms with Crippen molar-refractivity contribution < 1.29 is 121 Å². The molecular weight excluding hydrogens is 1100 g/mol. The number of hydrogen-bond acceptors (Lipinski definition) is 24. The van der Waals surface area contributed by atoms with Crippen molar-refractivity contribution in [1.29, 1.82) is 0 Å². The Hall–Kier alpha value is -10.4. The Morgan fingerprint density at radius 2 is 0.774 bits per heavy atom. The van der Waals surface area contributed by atoms with Crippen LogP contribution in [0.25, 0.3) is 0 Å². The minimum atomic E-state index is -2.43. The highest BCUT2D eigenvalue weighted by atomic mass is 16.7. The van der Waals surface area contributed by atoms with Gasteiger partial charge in [0.15, 0.2) is 58.2 Å². The molecule has 0 radical (unpaired) electrons. The van der Waals surface area contributed by atoms with Crippen LogP contribution in [0.1, 0.15) is 97.3 Å². The van der Waals surface area contributed by atoms with Crippen LogP contribution in [0.4, 0.5) is 0 Å². The van der Waals surface area contributed by atoms with Gasteiger partial charge in [0.1, 0.15) is 93.4 Å². The van der Waals surface area contributed by atoms with Gasteiger partial charge in [0.05, 0.1) is 23.9 Å². The van der Waals surface area contributed by atoms with E-state index in [4.69, 9.17) is 23.7 Å². The van der Waals surface area contributed by atoms with Gasteiger partial charge in [0.25, 0.3) is 0 Å². The lowest BCUT2D eigenvalue weighted by Gasteiger charge is -2.51. The summed E-state index contributed by atoms with van der Waals surface area (Å²) in [6.45, 7) is 0. The fourth-order valence-corrected chi connectivity index (χ4v) is 12.5. The molecule has 24 heteroatoms. The number of rotatable bonds is 6. The predicted octanol–water partition coefficient (Wildman–Crippen LogP) is 5.69. The van der Waals surface area contributed by atoms with E-state index in [0.717, 1.165) is 78.9 Å². The first-order valence-corrected chi connectivity index (χ1v) is 25.8. The molecule has 8 aromatic rings. The third-order valence-electron chi connectivity index (χ3n) is 16.4. The maximum atomic E-state index is 13.1. The van der Waals surface area contributed by atoms with Crippen LogP contribution in [0.3, 0.4) is 0 Å². The highest BCUT2D eigenvalue weighted by Crippen LogP contribution is 2.67. The molecule has 0 saturated heterocycles. The van der Waals surface area contributed by atoms with Crippen LogP contribution in [-0.4, -0.2) is 121 Å². The zero-order chi connectivity index (χ0) is 59.4. The Bertz CT molecular complexity index is 4110. The van der Waals surface area contributed by atoms with Crippen LogP contribution in [-0.2, 0) is 12.2 Å². The van der Waals surface area contributed by atoms with Crippen LogP contribution in [0.2, 0.25) is 0 Å². The maximum Gasteiger partial charge on any atom is 0.305 e. The summed E-state index contributed by atoms with van der Waals surface area (Å²) in [5, 5.41) is 218. The van der Waals surface area contributed by atoms with E-state index in [0.29, 0.717) is 0 Å². The van der Waals surface area contributed by atoms with Gasteiger partial charge in [-0.15, -0.1) is 0 Å². The number of aliphatic hydroxyl groups is 4. The van der Waals surface area contributed by atoms with E-state index in [1.807, 2.05) is 0 Å². The molecular formula is C60H48O24. The number of ether oxygens (including phenoxy) is 5. The van der Waals surface area contributed by atoms with Crippen LogP contribution in [0, 0.1) is 0 Å². The van der Waals surface area contributed by atoms with Gasteiger partial charge in [-0.25, -0.2) is 0 Å². The zero-order valence-corrected chi connectivity index (χ0v) is 42.8. The smallest absolute Gasteiger partial charge is 0.305 e. The lowest BCUT2D eigenvalue weighted by molar-refractivity contribution is -0.219. The second-order valence-electron chi connectivity index (χ2n) is 21.2. The molecule has 2 bridgehead atoms. The molecule has 0 aromatic heterocycles. The van der Waals surface area contributed by atoms with Gasteiger partial charge < -0.3 is 121 Å². The summed E-state index contributed by atoms with van der Waals surface area (Å²) < 4.78 is 32.2. The third-order valence-corrected chi connectivity index (χ3v) is 16.4. The maximum absolute atomic E-state index is 13.1. The molecule has 5 heterocycles. The number of fused-ring (bicyclic) bond motifs is 10. The first-order valence-electron chi connectivity index (χ1n) is 25.8. The SMILES string of the molecule is Oc1cc(O)c2c(c1)O[C@@]1(c3ccc(O)c(O)c3)Oc3cc(O)c4c(c3[C@@H]2[C@H]1O)O[C@H](c1ccc(O)c(O)c1)[C@H](O)[C@H]4c1c(O)cc(O)c2c1O[C@H](c1ccc(O)c(O)c1)[C@H](O)[C@H]2c1c(O)cc2c(c1O)C[C@H](O)[C@@H](c1ccc(O)c(O)c1)O2. The van der Waals surface area contributed by atoms with Crippen molar-refractivity contribution in [2.45, 2.75) is 72.7 Å². The van der Waals surface area contributed by atoms with E-state index in [1.54, 1.807) is 0 Å². The van der Waals surface area contributed by atoms with Gasteiger partial charge in [-0.05, 0) is 71.3 Å². The molecule has 13 rings (SSSR count). The number of hydrogen-bond donors (Lipinski definition) is 19. The summed E-state index contributed by atoms with van der Waals surface area (Å²) in [5.74, 6) is -20.0. The number of phenols is 15. The molecule has 8 aromatic carbocycles. The standard InChI is InChI=1S/C60H48O24/c61-23-13-33(70)42-40(14-23)83-60(22-4-8-28(65)32(69)12-22)59(79)50(42)47-41(84-60)18-37(74)46-49(53(78)56(82-58(46)47)21-3-7-27(64)31(68)11-21)45-35(72)16-34(71)44-48(52(77)55(81-57(44)45)20-2-6-26(63)30(67)10-20)43-36(73)17-39-24(51(43)76)15-38(75)54(80-39)19-1-5-25(62)29(66)9-19/h1-14,16-18,38,48-50,52-56,59,61-79H,15H2/t38-,48-,49-,50+,52+,53+,54+,55+,56+,59+,60-/m0/s1. The fourth-order valence-electron chi connectivity index (χ4n) is 12.5. The first-order chi connectivity index (χ1) is 40.0. The van der Waals surface area contributed by atoms with E-state index in [2.05, 4.69) is 0 Å². The molecule has 0 saturated carbocycles. The molecule has 0 fully saturated rings. The van der Waals surface area contributed by atoms with Gasteiger partial charge in [-0.1, -0.05) is 18.2 Å². The second-order valence-corrected chi connectivity index (χ2v) is 21.2. The summed E-state index contributed by atoms with van der Waals surface area (Å²) in [6, 6.07) is 18.4. The first kappa shape index (κ1) is 52.9. The highest BCUT2D eigenvalue weighted by molar-refractivity contribution is 5.74. The summed E-state index contributed by atoms with van der Waals surface area (Å²) in [4.78, 5) is 0. The molecule has 5 aliphatic rings. The third kappa shape index (κ3) is 7.68. The number of phenolic OH excluding ortho intramolecular Hbond substituents is 15. The van der Waals surface area contributed by atoms with Crippen molar-refractivity contribution in [3.63, 3.8) is 0 Å². The monoisotopic (exact) mass is 1150 g/mol. The molecule has 0 amide bonds. The van der Waals surface area contributed by atoms with Gasteiger partial charge in [0, 0.05) is 81.3 Å². The topological polar surface area (TPSA) is 431 Å². The van der Waals surface area contributed by atoms with Crippen LogP contribution in [0.5, 0.6) is 115 Å². The molecule has 84 heavy (non-hydrogen) atoms. The van der Waals surface area contributed by atoms with Crippen molar-refractivity contribution in [1.82, 2.24) is 0 Å². The average molecular weight is 1150 g/mol. The summed E-state index contributed by atoms with van der Waals surface area (Å²) >= 11 is 0. The van der Waals surface area contributed by atoms with Gasteiger partial charge in [0.2, 0.25) is 0 Å². The lowest BCUT2D eigenvalue weighted by Crippen LogP contribution is -2.57. The van der Waals surface area contributed by atoms with Gasteiger partial charge in [-0.3, -0.25) is 0 Å². The molecule has 19 N–H and O–H groups in total. The van der Waals surface area contributed by atoms with Crippen molar-refractivity contribution in [3.05, 3.63) is 164 Å². The largest absolute Gasteiger partial charge is 0.508 e. The van der Waals surface area contributed by atoms with E-state index in [9.17, 15) is 97.0 Å². The van der Waals surface area contributed by atoms with E-state index in [1.165, 1.54) is 24.3 Å². The molecule has 0 aliphatic carbocycles. The molecule has 24 nitrogen and oxygen atoms in total. The minimum Gasteiger partial charge on any atom is -0.508 e. The molecule has 5 aliphatic heterocycles. The van der Waals surface area contributed by atoms with Crippen molar-refractivity contribution >= 4 is 0 Å². The number of aliphatic hydroxyl groups excluding tert-OH is 4. The zero-order valence-electron chi connectivity index (χ0n) is 42.8. The van der Waals surface area contributed by atoms with Crippen molar-refractivity contribution in [3.8, 4) is 115 Å². The summed E-state index contributed by atoms with van der Waals surface area (Å²) in [5.41, 5.74) is -2.71. The van der Waals surface area contributed by atoms with Gasteiger partial charge in [-0.2, -0.15) is 0 Å². The van der Waals surface area contributed by atoms with Crippen LogP contribution < -0.4 is 23.7 Å². The Morgan fingerprint density at radius 3 is 1.30 bits per heavy atom. The predicted molar refractivity (Wildman–Crippen MR) is 283 cm³/mol. The minimum absolute atomic E-state index is 0.0894. The van der Waals surface area contributed by atoms with Crippen molar-refractivity contribution in [2.75, 3.05) is 0 Å². The van der Waals surface area contributed by atoms with Crippen LogP contribution >= 0.6 is 0 Å². The van der Waals surface area contributed by atoms with Gasteiger partial charge >= 0.3 is 5.79 Å². The quantitative estimate of drug-likeness (QED) is 0.0889. The lowest BCUT2D eigenvalue weighted by atomic mass is 9.71. The van der Waals surface area contributed by atoms with E-state index >= 15 is 0 Å². The summed E-state index contributed by atoms with van der Waals surface area (Å²) in [6.07, 6.45) is -12.8. The Kier molecular flexibility index (Phi) is 11.7. The fraction of sp³-hybridized carbons (Fsp3) is 0.200. The number of aromatic hydroxyl groups is 15. The number of benzene rings is 8. The molecule has 0 unspecified atom stereocenters. The average Bonchev–Trinajstić information content (AvgIpc) is 0.717. The Morgan fingerprint density at radius 1 is 0.345 bits per heavy atom. The normalized spacial score (nSPS) is 25.1.